The molecule has 6 nitrogen and oxygen atoms in total. The Balaban J connectivity index is 2.00. The molecular formula is C24H25N3O3. The number of rotatable bonds is 8. The number of nitrogens with one attached hydrogen (secondary N) is 1. The van der Waals surface area contributed by atoms with Gasteiger partial charge in [0.25, 0.3) is 5.91 Å². The highest BCUT2D eigenvalue weighted by Gasteiger charge is 2.18. The van der Waals surface area contributed by atoms with Gasteiger partial charge in [-0.15, -0.1) is 6.58 Å². The first-order valence-corrected chi connectivity index (χ1v) is 9.93. The minimum Gasteiger partial charge on any atom is -0.461 e. The van der Waals surface area contributed by atoms with Crippen LogP contribution >= 0.6 is 0 Å². The smallest absolute Gasteiger partial charge is 0.358 e. The molecule has 0 unspecified atom stereocenters. The minimum absolute atomic E-state index is 0.176. The molecule has 1 amide bonds. The minimum atomic E-state index is -0.469. The molecule has 1 N–H and O–H groups in total. The molecule has 154 valence electrons. The van der Waals surface area contributed by atoms with Gasteiger partial charge in [-0.25, -0.2) is 9.48 Å². The van der Waals surface area contributed by atoms with Gasteiger partial charge in [-0.2, -0.15) is 5.10 Å². The Hall–Kier alpha value is -3.67. The first-order valence-electron chi connectivity index (χ1n) is 9.93. The first kappa shape index (κ1) is 21.0. The van der Waals surface area contributed by atoms with Crippen LogP contribution in [0.2, 0.25) is 0 Å². The zero-order valence-corrected chi connectivity index (χ0v) is 17.2. The third kappa shape index (κ3) is 4.66. The van der Waals surface area contributed by atoms with E-state index in [4.69, 9.17) is 4.74 Å². The lowest BCUT2D eigenvalue weighted by Crippen LogP contribution is -2.23. The van der Waals surface area contributed by atoms with E-state index < -0.39 is 5.97 Å². The predicted molar refractivity (Wildman–Crippen MR) is 117 cm³/mol. The molecule has 0 saturated carbocycles. The summed E-state index contributed by atoms with van der Waals surface area (Å²) in [6, 6.07) is 16.9. The number of aromatic nitrogens is 2. The molecule has 0 atom stereocenters. The fraction of sp³-hybridized carbons (Fsp3) is 0.208. The average Bonchev–Trinajstić information content (AvgIpc) is 3.23. The summed E-state index contributed by atoms with van der Waals surface area (Å²) >= 11 is 0. The molecule has 0 saturated heterocycles. The summed E-state index contributed by atoms with van der Waals surface area (Å²) in [6.07, 6.45) is 2.58. The van der Waals surface area contributed by atoms with Crippen LogP contribution in [0.3, 0.4) is 0 Å². The van der Waals surface area contributed by atoms with Crippen molar-refractivity contribution in [2.45, 2.75) is 20.3 Å². The SMILES string of the molecule is C=CCNC(=O)c1ccc(-n2nc(C(=O)OCC)cc2-c2ccc(CC)cc2)cc1. The van der Waals surface area contributed by atoms with Crippen molar-refractivity contribution >= 4 is 11.9 Å². The Kier molecular flexibility index (Phi) is 6.80. The molecule has 3 aromatic rings. The number of hydrogen-bond acceptors (Lipinski definition) is 4. The number of benzene rings is 2. The highest BCUT2D eigenvalue weighted by Crippen LogP contribution is 2.25. The quantitative estimate of drug-likeness (QED) is 0.452. The van der Waals surface area contributed by atoms with Crippen molar-refractivity contribution < 1.29 is 14.3 Å². The Morgan fingerprint density at radius 3 is 2.40 bits per heavy atom. The standard InChI is InChI=1S/C24H25N3O3/c1-4-15-25-23(28)19-11-13-20(14-12-19)27-22(16-21(26-27)24(29)30-6-3)18-9-7-17(5-2)8-10-18/h4,7-14,16H,1,5-6,15H2,2-3H3,(H,25,28). The van der Waals surface area contributed by atoms with Crippen LogP contribution in [-0.2, 0) is 11.2 Å². The van der Waals surface area contributed by atoms with Gasteiger partial charge in [-0.3, -0.25) is 4.79 Å². The molecular weight excluding hydrogens is 378 g/mol. The molecule has 0 bridgehead atoms. The van der Waals surface area contributed by atoms with Crippen molar-refractivity contribution in [3.8, 4) is 16.9 Å². The van der Waals surface area contributed by atoms with Gasteiger partial charge in [0, 0.05) is 17.7 Å². The maximum atomic E-state index is 12.3. The van der Waals surface area contributed by atoms with Crippen LogP contribution in [0.15, 0.2) is 67.3 Å². The second-order valence-electron chi connectivity index (χ2n) is 6.64. The van der Waals surface area contributed by atoms with Gasteiger partial charge < -0.3 is 10.1 Å². The van der Waals surface area contributed by atoms with Gasteiger partial charge in [0.15, 0.2) is 5.69 Å². The number of aryl methyl sites for hydroxylation is 1. The summed E-state index contributed by atoms with van der Waals surface area (Å²) in [7, 11) is 0. The average molecular weight is 403 g/mol. The van der Waals surface area contributed by atoms with E-state index in [1.54, 1.807) is 48.0 Å². The summed E-state index contributed by atoms with van der Waals surface area (Å²) in [5, 5.41) is 7.22. The number of carbonyl (C=O) groups excluding carboxylic acids is 2. The second kappa shape index (κ2) is 9.69. The van der Waals surface area contributed by atoms with Gasteiger partial charge in [-0.1, -0.05) is 37.3 Å². The molecule has 0 fully saturated rings. The Morgan fingerprint density at radius 2 is 1.80 bits per heavy atom. The van der Waals surface area contributed by atoms with E-state index in [0.717, 1.165) is 23.4 Å². The number of hydrogen-bond donors (Lipinski definition) is 1. The fourth-order valence-electron chi connectivity index (χ4n) is 3.02. The summed E-state index contributed by atoms with van der Waals surface area (Å²) < 4.78 is 6.81. The van der Waals surface area contributed by atoms with Crippen molar-refractivity contribution in [3.63, 3.8) is 0 Å². The molecule has 2 aromatic carbocycles. The molecule has 3 rings (SSSR count). The van der Waals surface area contributed by atoms with E-state index in [2.05, 4.69) is 36.1 Å². The third-order valence-electron chi connectivity index (χ3n) is 4.63. The van der Waals surface area contributed by atoms with Gasteiger partial charge >= 0.3 is 5.97 Å². The van der Waals surface area contributed by atoms with Gasteiger partial charge in [-0.05, 0) is 49.2 Å². The third-order valence-corrected chi connectivity index (χ3v) is 4.63. The van der Waals surface area contributed by atoms with E-state index in [1.807, 2.05) is 12.1 Å². The molecule has 6 heteroatoms. The fourth-order valence-corrected chi connectivity index (χ4v) is 3.02. The summed E-state index contributed by atoms with van der Waals surface area (Å²) in [5.74, 6) is -0.646. The monoisotopic (exact) mass is 403 g/mol. The number of esters is 1. The number of ether oxygens (including phenoxy) is 1. The maximum absolute atomic E-state index is 12.3. The number of carbonyl (C=O) groups is 2. The molecule has 0 aliphatic heterocycles. The van der Waals surface area contributed by atoms with Crippen LogP contribution in [-0.4, -0.2) is 34.8 Å². The molecule has 0 spiro atoms. The largest absolute Gasteiger partial charge is 0.461 e. The van der Waals surface area contributed by atoms with Crippen molar-refractivity contribution in [2.24, 2.45) is 0 Å². The Morgan fingerprint density at radius 1 is 1.10 bits per heavy atom. The Labute approximate surface area is 176 Å². The highest BCUT2D eigenvalue weighted by molar-refractivity contribution is 5.94. The van der Waals surface area contributed by atoms with Crippen LogP contribution in [0.25, 0.3) is 16.9 Å². The van der Waals surface area contributed by atoms with Crippen molar-refractivity contribution in [1.82, 2.24) is 15.1 Å². The summed E-state index contributed by atoms with van der Waals surface area (Å²) in [6.45, 7) is 8.14. The molecule has 30 heavy (non-hydrogen) atoms. The van der Waals surface area contributed by atoms with Crippen LogP contribution < -0.4 is 5.32 Å². The number of nitrogens with zero attached hydrogens (tertiary/aromatic N) is 2. The molecule has 1 heterocycles. The lowest BCUT2D eigenvalue weighted by atomic mass is 10.1. The topological polar surface area (TPSA) is 73.2 Å². The lowest BCUT2D eigenvalue weighted by Gasteiger charge is -2.09. The summed E-state index contributed by atoms with van der Waals surface area (Å²) in [4.78, 5) is 24.4. The van der Waals surface area contributed by atoms with Crippen molar-refractivity contribution in [2.75, 3.05) is 13.2 Å². The van der Waals surface area contributed by atoms with Crippen LogP contribution in [0.5, 0.6) is 0 Å². The lowest BCUT2D eigenvalue weighted by molar-refractivity contribution is 0.0519. The zero-order valence-electron chi connectivity index (χ0n) is 17.2. The Bertz CT molecular complexity index is 1030. The molecule has 0 radical (unpaired) electrons. The van der Waals surface area contributed by atoms with Crippen LogP contribution in [0.4, 0.5) is 0 Å². The highest BCUT2D eigenvalue weighted by atomic mass is 16.5. The maximum Gasteiger partial charge on any atom is 0.358 e. The van der Waals surface area contributed by atoms with E-state index in [0.29, 0.717) is 12.1 Å². The van der Waals surface area contributed by atoms with E-state index in [1.165, 1.54) is 5.56 Å². The molecule has 0 aliphatic rings. The van der Waals surface area contributed by atoms with Crippen LogP contribution in [0.1, 0.15) is 40.3 Å². The van der Waals surface area contributed by atoms with Gasteiger partial charge in [0.2, 0.25) is 0 Å². The normalized spacial score (nSPS) is 10.5. The second-order valence-corrected chi connectivity index (χ2v) is 6.64. The zero-order chi connectivity index (χ0) is 21.5. The molecule has 1 aromatic heterocycles. The van der Waals surface area contributed by atoms with Crippen LogP contribution in [0, 0.1) is 0 Å². The first-order chi connectivity index (χ1) is 14.6. The van der Waals surface area contributed by atoms with E-state index in [9.17, 15) is 9.59 Å². The van der Waals surface area contributed by atoms with Crippen molar-refractivity contribution in [1.29, 1.82) is 0 Å². The number of amides is 1. The van der Waals surface area contributed by atoms with E-state index in [-0.39, 0.29) is 18.2 Å². The molecule has 0 aliphatic carbocycles. The van der Waals surface area contributed by atoms with Gasteiger partial charge in [0.1, 0.15) is 0 Å². The predicted octanol–water partition coefficient (Wildman–Crippen LogP) is 4.19. The van der Waals surface area contributed by atoms with Gasteiger partial charge in [0.05, 0.1) is 18.0 Å². The summed E-state index contributed by atoms with van der Waals surface area (Å²) in [5.41, 5.74) is 4.43. The van der Waals surface area contributed by atoms with E-state index >= 15 is 0 Å². The van der Waals surface area contributed by atoms with Crippen molar-refractivity contribution in [3.05, 3.63) is 84.1 Å².